The van der Waals surface area contributed by atoms with E-state index in [-0.39, 0.29) is 0 Å². The van der Waals surface area contributed by atoms with E-state index in [0.717, 1.165) is 5.56 Å². The second-order valence-corrected chi connectivity index (χ2v) is 2.83. The zero-order chi connectivity index (χ0) is 9.68. The Labute approximate surface area is 78.6 Å². The molecule has 0 saturated carbocycles. The second-order valence-electron chi connectivity index (χ2n) is 2.83. The van der Waals surface area contributed by atoms with Gasteiger partial charge in [-0.1, -0.05) is 30.4 Å². The Hall–Kier alpha value is -1.55. The van der Waals surface area contributed by atoms with E-state index in [9.17, 15) is 0 Å². The van der Waals surface area contributed by atoms with E-state index in [1.54, 1.807) is 0 Å². The average Bonchev–Trinajstić information content (AvgIpc) is 2.18. The number of hydrogen-bond donors (Lipinski definition) is 0. The van der Waals surface area contributed by atoms with Crippen LogP contribution in [0.25, 0.3) is 12.2 Å². The predicted molar refractivity (Wildman–Crippen MR) is 55.3 cm³/mol. The van der Waals surface area contributed by atoms with Gasteiger partial charge in [0.1, 0.15) is 0 Å². The van der Waals surface area contributed by atoms with Crippen LogP contribution in [-0.4, -0.2) is 0 Å². The lowest BCUT2D eigenvalue weighted by Gasteiger charge is -1.96. The molecular weight excluding hydrogens is 158 g/mol. The van der Waals surface area contributed by atoms with Gasteiger partial charge in [-0.2, -0.15) is 5.26 Å². The Balaban J connectivity index is 3.49. The largest absolute Gasteiger partial charge is 0.198 e. The molecule has 0 aliphatic rings. The molecule has 0 aromatic heterocycles. The smallest absolute Gasteiger partial charge is 0.0669 e. The molecule has 0 fully saturated rings. The summed E-state index contributed by atoms with van der Waals surface area (Å²) in [5.74, 6) is 0. The van der Waals surface area contributed by atoms with Crippen LogP contribution in [0.4, 0.5) is 0 Å². The van der Waals surface area contributed by atoms with Crippen molar-refractivity contribution in [3.8, 4) is 6.07 Å². The summed E-state index contributed by atoms with van der Waals surface area (Å²) in [7, 11) is 0. The fraction of sp³-hybridized carbons (Fsp3) is 0.250. The molecular formula is C12H13N. The van der Waals surface area contributed by atoms with Crippen LogP contribution in [0.5, 0.6) is 0 Å². The average molecular weight is 171 g/mol. The lowest BCUT2D eigenvalue weighted by atomic mass is 10.1. The molecule has 0 unspecified atom stereocenters. The summed E-state index contributed by atoms with van der Waals surface area (Å²) in [6.45, 7) is 4.02. The van der Waals surface area contributed by atoms with E-state index in [2.05, 4.69) is 24.3 Å². The Morgan fingerprint density at radius 1 is 1.31 bits per heavy atom. The van der Waals surface area contributed by atoms with Crippen molar-refractivity contribution in [3.05, 3.63) is 34.2 Å². The van der Waals surface area contributed by atoms with Gasteiger partial charge in [0.05, 0.1) is 12.5 Å². The van der Waals surface area contributed by atoms with Gasteiger partial charge in [-0.05, 0) is 29.8 Å². The Bertz CT molecular complexity index is 435. The molecule has 0 heterocycles. The normalized spacial score (nSPS) is 13.0. The van der Waals surface area contributed by atoms with Crippen molar-refractivity contribution in [2.45, 2.75) is 20.3 Å². The lowest BCUT2D eigenvalue weighted by molar-refractivity contribution is 1.22. The van der Waals surface area contributed by atoms with E-state index in [4.69, 9.17) is 5.26 Å². The first-order valence-electron chi connectivity index (χ1n) is 4.41. The van der Waals surface area contributed by atoms with Crippen LogP contribution in [0.1, 0.15) is 19.4 Å². The summed E-state index contributed by atoms with van der Waals surface area (Å²) in [6, 6.07) is 8.24. The highest BCUT2D eigenvalue weighted by Crippen LogP contribution is 1.89. The highest BCUT2D eigenvalue weighted by Gasteiger charge is 1.93. The van der Waals surface area contributed by atoms with Crippen LogP contribution >= 0.6 is 0 Å². The zero-order valence-corrected chi connectivity index (χ0v) is 8.04. The molecule has 0 aliphatic carbocycles. The third-order valence-electron chi connectivity index (χ3n) is 2.10. The summed E-state index contributed by atoms with van der Waals surface area (Å²) in [5, 5.41) is 11.0. The zero-order valence-electron chi connectivity index (χ0n) is 8.04. The minimum atomic E-state index is 0.487. The molecule has 1 nitrogen and oxygen atoms in total. The summed E-state index contributed by atoms with van der Waals surface area (Å²) in [4.78, 5) is 0. The molecule has 1 rings (SSSR count). The van der Waals surface area contributed by atoms with Crippen LogP contribution in [0.3, 0.4) is 0 Å². The molecule has 0 aliphatic heterocycles. The number of benzene rings is 1. The molecule has 13 heavy (non-hydrogen) atoms. The molecule has 0 saturated heterocycles. The van der Waals surface area contributed by atoms with Gasteiger partial charge in [-0.25, -0.2) is 0 Å². The first kappa shape index (κ1) is 9.54. The molecule has 0 amide bonds. The molecule has 0 N–H and O–H groups in total. The maximum atomic E-state index is 8.63. The summed E-state index contributed by atoms with van der Waals surface area (Å²) >= 11 is 0. The van der Waals surface area contributed by atoms with Crippen LogP contribution in [0.2, 0.25) is 0 Å². The first-order chi connectivity index (χ1) is 6.33. The van der Waals surface area contributed by atoms with Gasteiger partial charge in [-0.3, -0.25) is 0 Å². The van der Waals surface area contributed by atoms with E-state index in [1.165, 1.54) is 10.4 Å². The number of nitriles is 1. The topological polar surface area (TPSA) is 23.8 Å². The van der Waals surface area contributed by atoms with Crippen LogP contribution in [-0.2, 0) is 6.42 Å². The fourth-order valence-corrected chi connectivity index (χ4v) is 1.48. The molecule has 1 aromatic rings. The summed E-state index contributed by atoms with van der Waals surface area (Å²) < 4.78 is 0. The van der Waals surface area contributed by atoms with E-state index in [0.29, 0.717) is 6.42 Å². The summed E-state index contributed by atoms with van der Waals surface area (Å²) in [6.07, 6.45) is 4.61. The van der Waals surface area contributed by atoms with Crippen molar-refractivity contribution in [2.75, 3.05) is 0 Å². The van der Waals surface area contributed by atoms with Crippen LogP contribution < -0.4 is 10.4 Å². The maximum Gasteiger partial charge on any atom is 0.0669 e. The van der Waals surface area contributed by atoms with Gasteiger partial charge >= 0.3 is 0 Å². The van der Waals surface area contributed by atoms with Gasteiger partial charge in [-0.15, -0.1) is 0 Å². The predicted octanol–water partition coefficient (Wildman–Crippen LogP) is 1.35. The third-order valence-corrected chi connectivity index (χ3v) is 2.10. The standard InChI is InChI=1S/C12H13N/c1-3-10-6-5-7-11(8-9-13)12(10)4-2/h3-7H,8H2,1-2H3/b10-3-,12-4+. The minimum Gasteiger partial charge on any atom is -0.198 e. The van der Waals surface area contributed by atoms with Gasteiger partial charge in [0.15, 0.2) is 0 Å². The van der Waals surface area contributed by atoms with E-state index >= 15 is 0 Å². The Morgan fingerprint density at radius 2 is 2.08 bits per heavy atom. The highest BCUT2D eigenvalue weighted by atomic mass is 14.2. The summed E-state index contributed by atoms with van der Waals surface area (Å²) in [5.41, 5.74) is 1.11. The van der Waals surface area contributed by atoms with Crippen molar-refractivity contribution in [1.82, 2.24) is 0 Å². The highest BCUT2D eigenvalue weighted by molar-refractivity contribution is 5.35. The lowest BCUT2D eigenvalue weighted by Crippen LogP contribution is -2.27. The van der Waals surface area contributed by atoms with Crippen molar-refractivity contribution in [1.29, 1.82) is 5.26 Å². The van der Waals surface area contributed by atoms with Crippen molar-refractivity contribution in [2.24, 2.45) is 0 Å². The molecule has 1 heteroatoms. The quantitative estimate of drug-likeness (QED) is 0.625. The molecule has 1 aromatic carbocycles. The van der Waals surface area contributed by atoms with E-state index < -0.39 is 0 Å². The van der Waals surface area contributed by atoms with Gasteiger partial charge in [0.25, 0.3) is 0 Å². The SMILES string of the molecule is C/C=c1/cccc(CC#N)/c1=C/C. The number of nitrogens with zero attached hydrogens (tertiary/aromatic N) is 1. The van der Waals surface area contributed by atoms with E-state index in [1.807, 2.05) is 26.0 Å². The Kier molecular flexibility index (Phi) is 3.28. The van der Waals surface area contributed by atoms with Crippen molar-refractivity contribution in [3.63, 3.8) is 0 Å². The van der Waals surface area contributed by atoms with Crippen molar-refractivity contribution >= 4 is 12.2 Å². The molecule has 66 valence electrons. The van der Waals surface area contributed by atoms with Crippen LogP contribution in [0.15, 0.2) is 18.2 Å². The number of hydrogen-bond acceptors (Lipinski definition) is 1. The van der Waals surface area contributed by atoms with Gasteiger partial charge < -0.3 is 0 Å². The fourth-order valence-electron chi connectivity index (χ4n) is 1.48. The Morgan fingerprint density at radius 3 is 2.62 bits per heavy atom. The monoisotopic (exact) mass is 171 g/mol. The minimum absolute atomic E-state index is 0.487. The molecule has 0 spiro atoms. The number of rotatable bonds is 1. The molecule has 0 atom stereocenters. The van der Waals surface area contributed by atoms with Gasteiger partial charge in [0, 0.05) is 0 Å². The molecule has 0 bridgehead atoms. The van der Waals surface area contributed by atoms with Crippen molar-refractivity contribution < 1.29 is 0 Å². The first-order valence-corrected chi connectivity index (χ1v) is 4.41. The molecule has 0 radical (unpaired) electrons. The maximum absolute atomic E-state index is 8.63. The second kappa shape index (κ2) is 4.47. The van der Waals surface area contributed by atoms with Gasteiger partial charge in [0.2, 0.25) is 0 Å². The van der Waals surface area contributed by atoms with Crippen LogP contribution in [0, 0.1) is 11.3 Å². The third kappa shape index (κ3) is 1.97.